The third-order valence-corrected chi connectivity index (χ3v) is 8.65. The van der Waals surface area contributed by atoms with Crippen LogP contribution in [0.4, 0.5) is 0 Å². The molecule has 1 aliphatic rings. The Balaban J connectivity index is 1.68. The number of rotatable bonds is 8. The molecule has 3 atom stereocenters. The zero-order valence-corrected chi connectivity index (χ0v) is 22.4. The average molecular weight is 522 g/mol. The maximum atomic E-state index is 13.7. The summed E-state index contributed by atoms with van der Waals surface area (Å²) in [4.78, 5) is 6.48. The van der Waals surface area contributed by atoms with Gasteiger partial charge in [0.1, 0.15) is 16.7 Å². The van der Waals surface area contributed by atoms with Gasteiger partial charge < -0.3 is 9.84 Å². The molecular formula is C29H35N3O4S. The number of likely N-dealkylation sites (N-methyl/N-ethyl adjacent to an activating group) is 1. The highest BCUT2D eigenvalue weighted by Crippen LogP contribution is 2.34. The lowest BCUT2D eigenvalue weighted by atomic mass is 10.0. The summed E-state index contributed by atoms with van der Waals surface area (Å²) in [6.07, 6.45) is 7.27. The summed E-state index contributed by atoms with van der Waals surface area (Å²) in [6, 6.07) is 18.5. The molecule has 0 fully saturated rings. The summed E-state index contributed by atoms with van der Waals surface area (Å²) in [5.74, 6) is 0.216. The molecule has 1 N–H and O–H groups in total. The van der Waals surface area contributed by atoms with Crippen molar-refractivity contribution in [3.05, 3.63) is 89.7 Å². The van der Waals surface area contributed by atoms with Gasteiger partial charge in [-0.2, -0.15) is 4.31 Å². The Morgan fingerprint density at radius 3 is 2.59 bits per heavy atom. The zero-order chi connectivity index (χ0) is 26.4. The van der Waals surface area contributed by atoms with Crippen molar-refractivity contribution in [3.8, 4) is 5.75 Å². The molecule has 0 unspecified atom stereocenters. The Morgan fingerprint density at radius 1 is 1.14 bits per heavy atom. The minimum absolute atomic E-state index is 0.114. The minimum Gasteiger partial charge on any atom is -0.487 e. The molecule has 0 amide bonds. The molecule has 3 aromatic rings. The Kier molecular flexibility index (Phi) is 8.76. The second-order valence-electron chi connectivity index (χ2n) is 9.75. The van der Waals surface area contributed by atoms with Crippen LogP contribution >= 0.6 is 0 Å². The molecule has 7 nitrogen and oxygen atoms in total. The maximum Gasteiger partial charge on any atom is 0.247 e. The van der Waals surface area contributed by atoms with Crippen molar-refractivity contribution in [2.45, 2.75) is 37.4 Å². The first-order valence-electron chi connectivity index (χ1n) is 12.5. The zero-order valence-electron chi connectivity index (χ0n) is 21.6. The van der Waals surface area contributed by atoms with Gasteiger partial charge in [-0.1, -0.05) is 61.5 Å². The monoisotopic (exact) mass is 521 g/mol. The van der Waals surface area contributed by atoms with E-state index in [1.54, 1.807) is 31.3 Å². The van der Waals surface area contributed by atoms with E-state index in [9.17, 15) is 13.5 Å². The molecule has 37 heavy (non-hydrogen) atoms. The molecule has 2 heterocycles. The van der Waals surface area contributed by atoms with E-state index in [1.165, 1.54) is 4.31 Å². The van der Waals surface area contributed by atoms with Crippen molar-refractivity contribution in [2.24, 2.45) is 5.92 Å². The Bertz CT molecular complexity index is 1300. The predicted molar refractivity (Wildman–Crippen MR) is 146 cm³/mol. The van der Waals surface area contributed by atoms with Crippen molar-refractivity contribution in [1.29, 1.82) is 0 Å². The van der Waals surface area contributed by atoms with Gasteiger partial charge in [0.25, 0.3) is 0 Å². The SMILES string of the molecule is C[C@H]1CN([C@@H](C)CO)S(=O)(=O)c2ccc(/C=C/c3ccccc3)cc2O[C@@H]1CN(C)Cc1cccnc1. The lowest BCUT2D eigenvalue weighted by Gasteiger charge is -2.37. The van der Waals surface area contributed by atoms with Gasteiger partial charge in [-0.15, -0.1) is 0 Å². The fourth-order valence-corrected chi connectivity index (χ4v) is 6.32. The van der Waals surface area contributed by atoms with E-state index >= 15 is 0 Å². The standard InChI is InChI=1S/C29H35N3O4S/c1-22-18-32(23(2)21-33)37(34,35)29-14-13-25(12-11-24-8-5-4-6-9-24)16-27(29)36-28(22)20-31(3)19-26-10-7-15-30-17-26/h4-17,22-23,28,33H,18-21H2,1-3H3/b12-11+/t22-,23-,28+/m0/s1. The van der Waals surface area contributed by atoms with Gasteiger partial charge in [-0.05, 0) is 48.9 Å². The van der Waals surface area contributed by atoms with Crippen LogP contribution < -0.4 is 4.74 Å². The molecule has 4 rings (SSSR count). The lowest BCUT2D eigenvalue weighted by molar-refractivity contribution is 0.0733. The van der Waals surface area contributed by atoms with Crippen molar-refractivity contribution in [3.63, 3.8) is 0 Å². The highest BCUT2D eigenvalue weighted by Gasteiger charge is 2.38. The molecule has 196 valence electrons. The van der Waals surface area contributed by atoms with Gasteiger partial charge in [-0.3, -0.25) is 9.88 Å². The van der Waals surface area contributed by atoms with Crippen molar-refractivity contribution in [2.75, 3.05) is 26.7 Å². The Morgan fingerprint density at radius 2 is 1.89 bits per heavy atom. The summed E-state index contributed by atoms with van der Waals surface area (Å²) in [5.41, 5.74) is 2.99. The first-order chi connectivity index (χ1) is 17.8. The summed E-state index contributed by atoms with van der Waals surface area (Å²) in [6.45, 7) is 5.02. The summed E-state index contributed by atoms with van der Waals surface area (Å²) in [5, 5.41) is 9.85. The molecule has 0 saturated carbocycles. The van der Waals surface area contributed by atoms with E-state index in [4.69, 9.17) is 4.74 Å². The molecular weight excluding hydrogens is 486 g/mol. The van der Waals surface area contributed by atoms with Crippen LogP contribution in [0.2, 0.25) is 0 Å². The number of ether oxygens (including phenoxy) is 1. The van der Waals surface area contributed by atoms with Crippen LogP contribution in [0.1, 0.15) is 30.5 Å². The minimum atomic E-state index is -3.87. The molecule has 0 spiro atoms. The molecule has 2 aromatic carbocycles. The third-order valence-electron chi connectivity index (χ3n) is 6.63. The molecule has 0 bridgehead atoms. The number of sulfonamides is 1. The summed E-state index contributed by atoms with van der Waals surface area (Å²) in [7, 11) is -1.85. The molecule has 1 aromatic heterocycles. The van der Waals surface area contributed by atoms with E-state index < -0.39 is 16.1 Å². The molecule has 0 aliphatic carbocycles. The van der Waals surface area contributed by atoms with E-state index in [2.05, 4.69) is 9.88 Å². The van der Waals surface area contributed by atoms with Crippen LogP contribution in [0.25, 0.3) is 12.2 Å². The van der Waals surface area contributed by atoms with Crippen LogP contribution in [0, 0.1) is 5.92 Å². The number of aliphatic hydroxyl groups excluding tert-OH is 1. The van der Waals surface area contributed by atoms with Gasteiger partial charge in [0.15, 0.2) is 0 Å². The van der Waals surface area contributed by atoms with E-state index in [1.807, 2.05) is 74.8 Å². The molecule has 1 aliphatic heterocycles. The van der Waals surface area contributed by atoms with Crippen molar-refractivity contribution >= 4 is 22.2 Å². The number of fused-ring (bicyclic) bond motifs is 1. The van der Waals surface area contributed by atoms with Gasteiger partial charge in [0.2, 0.25) is 10.0 Å². The summed E-state index contributed by atoms with van der Waals surface area (Å²) >= 11 is 0. The topological polar surface area (TPSA) is 83.0 Å². The smallest absolute Gasteiger partial charge is 0.247 e. The number of aliphatic hydroxyl groups is 1. The molecule has 0 radical (unpaired) electrons. The first kappa shape index (κ1) is 27.0. The van der Waals surface area contributed by atoms with E-state index in [0.717, 1.165) is 16.7 Å². The lowest BCUT2D eigenvalue weighted by Crippen LogP contribution is -2.49. The van der Waals surface area contributed by atoms with Crippen LogP contribution in [0.3, 0.4) is 0 Å². The highest BCUT2D eigenvalue weighted by molar-refractivity contribution is 7.89. The quantitative estimate of drug-likeness (QED) is 0.449. The Labute approximate surface area is 220 Å². The number of hydrogen-bond acceptors (Lipinski definition) is 6. The van der Waals surface area contributed by atoms with Crippen LogP contribution in [-0.2, 0) is 16.6 Å². The largest absolute Gasteiger partial charge is 0.487 e. The first-order valence-corrected chi connectivity index (χ1v) is 14.0. The van der Waals surface area contributed by atoms with Crippen LogP contribution in [0.5, 0.6) is 5.75 Å². The van der Waals surface area contributed by atoms with E-state index in [0.29, 0.717) is 18.8 Å². The summed E-state index contributed by atoms with van der Waals surface area (Å²) < 4.78 is 35.3. The third kappa shape index (κ3) is 6.64. The van der Waals surface area contributed by atoms with E-state index in [-0.39, 0.29) is 30.1 Å². The fraction of sp³-hybridized carbons (Fsp3) is 0.345. The predicted octanol–water partition coefficient (Wildman–Crippen LogP) is 4.15. The number of nitrogens with zero attached hydrogens (tertiary/aromatic N) is 3. The normalized spacial score (nSPS) is 20.7. The molecule has 8 heteroatoms. The number of benzene rings is 2. The van der Waals surface area contributed by atoms with Crippen molar-refractivity contribution in [1.82, 2.24) is 14.2 Å². The van der Waals surface area contributed by atoms with Crippen molar-refractivity contribution < 1.29 is 18.3 Å². The highest BCUT2D eigenvalue weighted by atomic mass is 32.2. The number of pyridine rings is 1. The van der Waals surface area contributed by atoms with Gasteiger partial charge in [-0.25, -0.2) is 8.42 Å². The fourth-order valence-electron chi connectivity index (χ4n) is 4.50. The average Bonchev–Trinajstić information content (AvgIpc) is 2.90. The van der Waals surface area contributed by atoms with Crippen LogP contribution in [0.15, 0.2) is 78.0 Å². The van der Waals surface area contributed by atoms with Gasteiger partial charge >= 0.3 is 0 Å². The second-order valence-corrected chi connectivity index (χ2v) is 11.6. The number of hydrogen-bond donors (Lipinski definition) is 1. The van der Waals surface area contributed by atoms with Gasteiger partial charge in [0, 0.05) is 44.0 Å². The Hall–Kier alpha value is -3.04. The van der Waals surface area contributed by atoms with Crippen LogP contribution in [-0.4, -0.2) is 66.6 Å². The van der Waals surface area contributed by atoms with Gasteiger partial charge in [0.05, 0.1) is 6.61 Å². The molecule has 0 saturated heterocycles. The number of aromatic nitrogens is 1. The maximum absolute atomic E-state index is 13.7. The second kappa shape index (κ2) is 12.0.